The average Bonchev–Trinajstić information content (AvgIpc) is 2.95. The van der Waals surface area contributed by atoms with Gasteiger partial charge in [0.25, 0.3) is 5.91 Å². The van der Waals surface area contributed by atoms with E-state index in [9.17, 15) is 9.59 Å². The van der Waals surface area contributed by atoms with Crippen molar-refractivity contribution in [3.8, 4) is 5.75 Å². The predicted molar refractivity (Wildman–Crippen MR) is 91.8 cm³/mol. The predicted octanol–water partition coefficient (Wildman–Crippen LogP) is 2.30. The first-order valence-corrected chi connectivity index (χ1v) is 7.91. The third-order valence-corrected chi connectivity index (χ3v) is 4.53. The van der Waals surface area contributed by atoms with Crippen molar-refractivity contribution in [3.63, 3.8) is 0 Å². The Bertz CT molecular complexity index is 857. The molecule has 0 fully saturated rings. The summed E-state index contributed by atoms with van der Waals surface area (Å²) in [5.74, 6) is 5.10. The maximum absolute atomic E-state index is 12.5. The molecule has 0 aliphatic carbocycles. The molecule has 0 radical (unpaired) electrons. The molecule has 24 heavy (non-hydrogen) atoms. The number of ketones is 1. The van der Waals surface area contributed by atoms with E-state index in [0.717, 1.165) is 19.2 Å². The molecule has 3 rings (SSSR count). The van der Waals surface area contributed by atoms with Gasteiger partial charge in [0.1, 0.15) is 17.8 Å². The molecule has 0 spiro atoms. The van der Waals surface area contributed by atoms with Gasteiger partial charge < -0.3 is 20.5 Å². The van der Waals surface area contributed by atoms with Crippen molar-refractivity contribution in [1.82, 2.24) is 9.88 Å². The number of methoxy groups -OCH3 is 1. The minimum Gasteiger partial charge on any atom is -0.495 e. The Hall–Kier alpha value is -2.54. The number of hydrogen-bond acceptors (Lipinski definition) is 5. The molecule has 3 N–H and O–H groups in total. The van der Waals surface area contributed by atoms with Gasteiger partial charge in [-0.1, -0.05) is 11.6 Å². The second-order valence-electron chi connectivity index (χ2n) is 5.52. The van der Waals surface area contributed by atoms with Gasteiger partial charge in [-0.15, -0.1) is 0 Å². The van der Waals surface area contributed by atoms with Crippen molar-refractivity contribution >= 4 is 40.5 Å². The van der Waals surface area contributed by atoms with Crippen LogP contribution in [0.2, 0.25) is 5.02 Å². The Morgan fingerprint density at radius 3 is 2.96 bits per heavy atom. The van der Waals surface area contributed by atoms with Gasteiger partial charge in [0, 0.05) is 23.9 Å². The van der Waals surface area contributed by atoms with Crippen molar-refractivity contribution in [2.75, 3.05) is 7.11 Å². The molecule has 2 aromatic rings. The number of hydrazone groups is 1. The number of rotatable bonds is 3. The molecule has 0 bridgehead atoms. The molecular weight excluding hydrogens is 332 g/mol. The van der Waals surface area contributed by atoms with E-state index in [-0.39, 0.29) is 11.7 Å². The summed E-state index contributed by atoms with van der Waals surface area (Å²) in [6.07, 6.45) is 3.13. The van der Waals surface area contributed by atoms with Gasteiger partial charge >= 0.3 is 0 Å². The van der Waals surface area contributed by atoms with E-state index in [1.54, 1.807) is 12.1 Å². The molecule has 126 valence electrons. The van der Waals surface area contributed by atoms with E-state index < -0.39 is 0 Å². The SMILES string of the molecule is COc1cc2c3c(cc(C(=O)NC=NN)n3CCCCC2=O)c1Cl. The van der Waals surface area contributed by atoms with Gasteiger partial charge in [-0.05, 0) is 25.0 Å². The summed E-state index contributed by atoms with van der Waals surface area (Å²) in [6.45, 7) is 0.620. The number of carbonyl (C=O) groups is 2. The number of nitrogens with two attached hydrogens (primary N) is 1. The van der Waals surface area contributed by atoms with Crippen LogP contribution in [-0.4, -0.2) is 29.7 Å². The van der Waals surface area contributed by atoms with Crippen molar-refractivity contribution in [2.24, 2.45) is 10.9 Å². The molecule has 8 heteroatoms. The number of halogens is 1. The zero-order valence-electron chi connectivity index (χ0n) is 13.1. The lowest BCUT2D eigenvalue weighted by atomic mass is 10.0. The fourth-order valence-corrected chi connectivity index (χ4v) is 3.32. The number of carbonyl (C=O) groups excluding carboxylic acids is 2. The summed E-state index contributed by atoms with van der Waals surface area (Å²) in [5.41, 5.74) is 1.59. The first-order chi connectivity index (χ1) is 11.6. The third-order valence-electron chi connectivity index (χ3n) is 4.14. The molecule has 2 heterocycles. The maximum atomic E-state index is 12.5. The molecule has 1 amide bonds. The smallest absolute Gasteiger partial charge is 0.273 e. The van der Waals surface area contributed by atoms with Crippen LogP contribution in [0, 0.1) is 0 Å². The van der Waals surface area contributed by atoms with E-state index in [1.165, 1.54) is 7.11 Å². The van der Waals surface area contributed by atoms with Gasteiger partial charge in [0.15, 0.2) is 5.78 Å². The molecule has 1 aliphatic heterocycles. The Kier molecular flexibility index (Phi) is 4.44. The Morgan fingerprint density at radius 2 is 2.25 bits per heavy atom. The Balaban J connectivity index is 2.31. The van der Waals surface area contributed by atoms with Crippen LogP contribution >= 0.6 is 11.6 Å². The quantitative estimate of drug-likeness (QED) is 0.385. The number of Topliss-reactive ketones (excluding diaryl/α,β-unsaturated/α-hetero) is 1. The lowest BCUT2D eigenvalue weighted by Crippen LogP contribution is -2.25. The molecule has 0 saturated carbocycles. The molecule has 7 nitrogen and oxygen atoms in total. The first-order valence-electron chi connectivity index (χ1n) is 7.54. The summed E-state index contributed by atoms with van der Waals surface area (Å²) in [7, 11) is 1.50. The van der Waals surface area contributed by atoms with Gasteiger partial charge in [-0.25, -0.2) is 0 Å². The van der Waals surface area contributed by atoms with E-state index in [4.69, 9.17) is 22.2 Å². The molecular formula is C16H17ClN4O3. The monoisotopic (exact) mass is 348 g/mol. The zero-order valence-corrected chi connectivity index (χ0v) is 13.9. The lowest BCUT2D eigenvalue weighted by molar-refractivity contribution is 0.0958. The molecule has 0 atom stereocenters. The van der Waals surface area contributed by atoms with Crippen molar-refractivity contribution < 1.29 is 14.3 Å². The number of nitrogens with one attached hydrogen (secondary N) is 1. The summed E-state index contributed by atoms with van der Waals surface area (Å²) in [4.78, 5) is 24.9. The van der Waals surface area contributed by atoms with Crippen LogP contribution in [-0.2, 0) is 6.54 Å². The molecule has 0 unspecified atom stereocenters. The zero-order chi connectivity index (χ0) is 17.3. The van der Waals surface area contributed by atoms with Gasteiger partial charge in [0.05, 0.1) is 17.6 Å². The van der Waals surface area contributed by atoms with Crippen LogP contribution in [0.3, 0.4) is 0 Å². The summed E-state index contributed by atoms with van der Waals surface area (Å²) in [6, 6.07) is 3.32. The van der Waals surface area contributed by atoms with Crippen LogP contribution in [0.15, 0.2) is 17.2 Å². The fraction of sp³-hybridized carbons (Fsp3) is 0.312. The van der Waals surface area contributed by atoms with E-state index in [1.807, 2.05) is 4.57 Å². The Morgan fingerprint density at radius 1 is 1.46 bits per heavy atom. The van der Waals surface area contributed by atoms with Crippen molar-refractivity contribution in [2.45, 2.75) is 25.8 Å². The van der Waals surface area contributed by atoms with Crippen LogP contribution in [0.5, 0.6) is 5.75 Å². The number of amides is 1. The Labute approximate surface area is 143 Å². The van der Waals surface area contributed by atoms with Crippen molar-refractivity contribution in [1.29, 1.82) is 0 Å². The highest BCUT2D eigenvalue weighted by atomic mass is 35.5. The summed E-state index contributed by atoms with van der Waals surface area (Å²) in [5, 5.41) is 6.75. The standard InChI is InChI=1S/C16H17ClN4O3/c1-24-13-7-9-12(22)4-2-3-5-21-11(16(23)19-8-20-18)6-10(14(13)17)15(9)21/h6-8H,2-5,18H2,1H3,(H,19,20,23). The highest BCUT2D eigenvalue weighted by Crippen LogP contribution is 2.38. The fourth-order valence-electron chi connectivity index (χ4n) is 3.04. The van der Waals surface area contributed by atoms with Crippen LogP contribution < -0.4 is 15.9 Å². The largest absolute Gasteiger partial charge is 0.495 e. The number of aromatic nitrogens is 1. The van der Waals surface area contributed by atoms with Gasteiger partial charge in [-0.2, -0.15) is 5.10 Å². The highest BCUT2D eigenvalue weighted by Gasteiger charge is 2.25. The van der Waals surface area contributed by atoms with Crippen LogP contribution in [0.4, 0.5) is 0 Å². The van der Waals surface area contributed by atoms with Crippen LogP contribution in [0.25, 0.3) is 10.9 Å². The minimum absolute atomic E-state index is 0.0181. The summed E-state index contributed by atoms with van der Waals surface area (Å²) < 4.78 is 7.11. The number of ether oxygens (including phenoxy) is 1. The third kappa shape index (κ3) is 2.60. The molecule has 1 aromatic carbocycles. The lowest BCUT2D eigenvalue weighted by Gasteiger charge is -2.16. The second kappa shape index (κ2) is 6.52. The highest BCUT2D eigenvalue weighted by molar-refractivity contribution is 6.38. The van der Waals surface area contributed by atoms with E-state index in [0.29, 0.717) is 45.9 Å². The summed E-state index contributed by atoms with van der Waals surface area (Å²) >= 11 is 6.40. The molecule has 0 saturated heterocycles. The van der Waals surface area contributed by atoms with Crippen LogP contribution in [0.1, 0.15) is 40.1 Å². The first kappa shape index (κ1) is 16.3. The molecule has 1 aromatic heterocycles. The molecule has 1 aliphatic rings. The minimum atomic E-state index is -0.366. The normalized spacial score (nSPS) is 14.7. The number of aryl methyl sites for hydroxylation is 1. The average molecular weight is 349 g/mol. The van der Waals surface area contributed by atoms with Gasteiger partial charge in [-0.3, -0.25) is 9.59 Å². The number of nitrogens with zero attached hydrogens (tertiary/aromatic N) is 2. The topological polar surface area (TPSA) is 98.7 Å². The second-order valence-corrected chi connectivity index (χ2v) is 5.89. The number of hydrogen-bond donors (Lipinski definition) is 2. The van der Waals surface area contributed by atoms with E-state index >= 15 is 0 Å². The maximum Gasteiger partial charge on any atom is 0.273 e. The van der Waals surface area contributed by atoms with Crippen molar-refractivity contribution in [3.05, 3.63) is 28.4 Å². The van der Waals surface area contributed by atoms with E-state index in [2.05, 4.69) is 10.4 Å². The number of benzene rings is 1. The van der Waals surface area contributed by atoms with Gasteiger partial charge in [0.2, 0.25) is 0 Å².